The molecule has 4 N–H and O–H groups in total. The third-order valence-corrected chi connectivity index (χ3v) is 3.30. The van der Waals surface area contributed by atoms with Gasteiger partial charge in [0.25, 0.3) is 0 Å². The zero-order valence-electron chi connectivity index (χ0n) is 8.14. The van der Waals surface area contributed by atoms with E-state index in [1.165, 1.54) is 25.7 Å². The monoisotopic (exact) mass is 182 g/mol. The zero-order chi connectivity index (χ0) is 9.31. The normalized spacial score (nSPS) is 25.5. The van der Waals surface area contributed by atoms with E-state index in [9.17, 15) is 0 Å². The van der Waals surface area contributed by atoms with Crippen molar-refractivity contribution in [1.82, 2.24) is 10.7 Å². The number of hydrogen-bond donors (Lipinski definition) is 3. The number of aliphatic imine (C=N–C) groups is 1. The van der Waals surface area contributed by atoms with Crippen LogP contribution in [0.25, 0.3) is 0 Å². The first-order valence-corrected chi connectivity index (χ1v) is 4.98. The molecule has 13 heavy (non-hydrogen) atoms. The summed E-state index contributed by atoms with van der Waals surface area (Å²) in [6.07, 6.45) is 5.62. The van der Waals surface area contributed by atoms with Gasteiger partial charge in [0.2, 0.25) is 5.96 Å². The fourth-order valence-corrected chi connectivity index (χ4v) is 2.04. The Kier molecular flexibility index (Phi) is 2.15. The van der Waals surface area contributed by atoms with E-state index in [0.717, 1.165) is 12.5 Å². The summed E-state index contributed by atoms with van der Waals surface area (Å²) in [6.45, 7) is 1.04. The summed E-state index contributed by atoms with van der Waals surface area (Å²) >= 11 is 0. The first kappa shape index (κ1) is 8.81. The maximum atomic E-state index is 5.28. The van der Waals surface area contributed by atoms with Gasteiger partial charge in [0.05, 0.1) is 0 Å². The molecule has 0 aromatic rings. The van der Waals surface area contributed by atoms with E-state index in [1.54, 1.807) is 7.05 Å². The SMILES string of the molecule is CN=C(NN)NCC1(C2CC2)CC1. The lowest BCUT2D eigenvalue weighted by Gasteiger charge is -2.16. The van der Waals surface area contributed by atoms with Crippen LogP contribution in [0.3, 0.4) is 0 Å². The van der Waals surface area contributed by atoms with Crippen molar-refractivity contribution < 1.29 is 0 Å². The van der Waals surface area contributed by atoms with Crippen molar-refractivity contribution in [2.75, 3.05) is 13.6 Å². The predicted octanol–water partition coefficient (Wildman–Crippen LogP) is 0.215. The standard InChI is InChI=1S/C9H18N4/c1-11-8(13-10)12-6-9(4-5-9)7-2-3-7/h7H,2-6,10H2,1H3,(H2,11,12,13). The fraction of sp³-hybridized carbons (Fsp3) is 0.889. The highest BCUT2D eigenvalue weighted by Gasteiger charge is 2.53. The molecule has 2 fully saturated rings. The second-order valence-corrected chi connectivity index (χ2v) is 4.21. The van der Waals surface area contributed by atoms with Gasteiger partial charge in [0.15, 0.2) is 0 Å². The molecule has 0 unspecified atom stereocenters. The largest absolute Gasteiger partial charge is 0.355 e. The number of hydrazine groups is 1. The molecule has 2 aliphatic carbocycles. The molecule has 0 aliphatic heterocycles. The molecule has 0 spiro atoms. The van der Waals surface area contributed by atoms with Crippen molar-refractivity contribution in [3.05, 3.63) is 0 Å². The van der Waals surface area contributed by atoms with Crippen LogP contribution in [0.5, 0.6) is 0 Å². The van der Waals surface area contributed by atoms with Gasteiger partial charge < -0.3 is 5.32 Å². The van der Waals surface area contributed by atoms with Crippen molar-refractivity contribution >= 4 is 5.96 Å². The molecule has 74 valence electrons. The molecule has 4 heteroatoms. The van der Waals surface area contributed by atoms with Gasteiger partial charge in [-0.1, -0.05) is 0 Å². The van der Waals surface area contributed by atoms with Crippen molar-refractivity contribution in [2.24, 2.45) is 22.2 Å². The number of hydrogen-bond acceptors (Lipinski definition) is 2. The van der Waals surface area contributed by atoms with E-state index in [0.29, 0.717) is 11.4 Å². The molecule has 0 radical (unpaired) electrons. The molecule has 0 amide bonds. The third kappa shape index (κ3) is 1.77. The van der Waals surface area contributed by atoms with Crippen LogP contribution in [0.2, 0.25) is 0 Å². The highest BCUT2D eigenvalue weighted by atomic mass is 15.3. The summed E-state index contributed by atoms with van der Waals surface area (Å²) in [5.41, 5.74) is 3.15. The molecule has 0 aromatic carbocycles. The lowest BCUT2D eigenvalue weighted by atomic mass is 10.0. The molecule has 0 saturated heterocycles. The van der Waals surface area contributed by atoms with E-state index in [-0.39, 0.29) is 0 Å². The molecule has 0 aromatic heterocycles. The Balaban J connectivity index is 1.78. The first-order chi connectivity index (χ1) is 6.30. The smallest absolute Gasteiger partial charge is 0.205 e. The predicted molar refractivity (Wildman–Crippen MR) is 53.1 cm³/mol. The van der Waals surface area contributed by atoms with Crippen LogP contribution >= 0.6 is 0 Å². The van der Waals surface area contributed by atoms with E-state index < -0.39 is 0 Å². The topological polar surface area (TPSA) is 62.4 Å². The Labute approximate surface area is 79.0 Å². The van der Waals surface area contributed by atoms with Crippen LogP contribution in [-0.2, 0) is 0 Å². The number of nitrogens with zero attached hydrogens (tertiary/aromatic N) is 1. The van der Waals surface area contributed by atoms with E-state index >= 15 is 0 Å². The summed E-state index contributed by atoms with van der Waals surface area (Å²) in [6, 6.07) is 0. The van der Waals surface area contributed by atoms with Crippen LogP contribution < -0.4 is 16.6 Å². The van der Waals surface area contributed by atoms with Crippen molar-refractivity contribution in [2.45, 2.75) is 25.7 Å². The summed E-state index contributed by atoms with van der Waals surface area (Å²) in [5.74, 6) is 6.96. The minimum Gasteiger partial charge on any atom is -0.355 e. The lowest BCUT2D eigenvalue weighted by Crippen LogP contribution is -2.44. The molecule has 0 bridgehead atoms. The van der Waals surface area contributed by atoms with Gasteiger partial charge in [0, 0.05) is 13.6 Å². The van der Waals surface area contributed by atoms with Crippen molar-refractivity contribution in [3.63, 3.8) is 0 Å². The Morgan fingerprint density at radius 3 is 2.62 bits per heavy atom. The van der Waals surface area contributed by atoms with E-state index in [2.05, 4.69) is 15.7 Å². The quantitative estimate of drug-likeness (QED) is 0.253. The van der Waals surface area contributed by atoms with Gasteiger partial charge >= 0.3 is 0 Å². The Hall–Kier alpha value is -0.770. The van der Waals surface area contributed by atoms with Gasteiger partial charge in [-0.05, 0) is 37.0 Å². The second kappa shape index (κ2) is 3.18. The number of rotatable bonds is 3. The van der Waals surface area contributed by atoms with Crippen LogP contribution in [-0.4, -0.2) is 19.6 Å². The molecule has 0 heterocycles. The minimum atomic E-state index is 0.604. The summed E-state index contributed by atoms with van der Waals surface area (Å²) in [5, 5.41) is 3.26. The second-order valence-electron chi connectivity index (χ2n) is 4.21. The summed E-state index contributed by atoms with van der Waals surface area (Å²) in [7, 11) is 1.74. The van der Waals surface area contributed by atoms with Gasteiger partial charge in [-0.25, -0.2) is 5.84 Å². The number of nitrogens with two attached hydrogens (primary N) is 1. The van der Waals surface area contributed by atoms with Crippen LogP contribution in [0.1, 0.15) is 25.7 Å². The molecular formula is C9H18N4. The highest BCUT2D eigenvalue weighted by molar-refractivity contribution is 5.79. The third-order valence-electron chi connectivity index (χ3n) is 3.30. The lowest BCUT2D eigenvalue weighted by molar-refractivity contribution is 0.431. The molecule has 2 aliphatic rings. The van der Waals surface area contributed by atoms with Crippen LogP contribution in [0.4, 0.5) is 0 Å². The molecule has 2 saturated carbocycles. The maximum Gasteiger partial charge on any atom is 0.205 e. The average molecular weight is 182 g/mol. The van der Waals surface area contributed by atoms with Crippen molar-refractivity contribution in [3.8, 4) is 0 Å². The Bertz CT molecular complexity index is 216. The summed E-state index contributed by atoms with van der Waals surface area (Å²) in [4.78, 5) is 3.99. The molecule has 0 atom stereocenters. The minimum absolute atomic E-state index is 0.604. The molecular weight excluding hydrogens is 164 g/mol. The summed E-state index contributed by atoms with van der Waals surface area (Å²) < 4.78 is 0. The zero-order valence-corrected chi connectivity index (χ0v) is 8.14. The molecule has 4 nitrogen and oxygen atoms in total. The van der Waals surface area contributed by atoms with E-state index in [4.69, 9.17) is 5.84 Å². The Morgan fingerprint density at radius 2 is 2.23 bits per heavy atom. The van der Waals surface area contributed by atoms with Crippen LogP contribution in [0.15, 0.2) is 4.99 Å². The van der Waals surface area contributed by atoms with Crippen molar-refractivity contribution in [1.29, 1.82) is 0 Å². The van der Waals surface area contributed by atoms with Gasteiger partial charge in [-0.15, -0.1) is 0 Å². The molecule has 2 rings (SSSR count). The van der Waals surface area contributed by atoms with Gasteiger partial charge in [-0.3, -0.25) is 10.4 Å². The number of nitrogens with one attached hydrogen (secondary N) is 2. The Morgan fingerprint density at radius 1 is 1.54 bits per heavy atom. The van der Waals surface area contributed by atoms with Gasteiger partial charge in [0.1, 0.15) is 0 Å². The average Bonchev–Trinajstić information content (AvgIpc) is 3.01. The van der Waals surface area contributed by atoms with E-state index in [1.807, 2.05) is 0 Å². The first-order valence-electron chi connectivity index (χ1n) is 4.98. The maximum absolute atomic E-state index is 5.28. The van der Waals surface area contributed by atoms with Gasteiger partial charge in [-0.2, -0.15) is 0 Å². The highest BCUT2D eigenvalue weighted by Crippen LogP contribution is 2.60. The number of guanidine groups is 1. The van der Waals surface area contributed by atoms with Crippen LogP contribution in [0, 0.1) is 11.3 Å². The fourth-order valence-electron chi connectivity index (χ4n) is 2.04.